The summed E-state index contributed by atoms with van der Waals surface area (Å²) in [6.45, 7) is 1.57. The number of rotatable bonds is 8. The molecule has 0 saturated carbocycles. The zero-order chi connectivity index (χ0) is 20.1. The maximum atomic E-state index is 12.5. The minimum atomic E-state index is -1.10. The highest BCUT2D eigenvalue weighted by Crippen LogP contribution is 2.21. The first-order valence-corrected chi connectivity index (χ1v) is 8.87. The molecule has 2 unspecified atom stereocenters. The molecule has 0 spiro atoms. The van der Waals surface area contributed by atoms with Crippen molar-refractivity contribution >= 4 is 22.8 Å². The Bertz CT molecular complexity index is 982. The Balaban J connectivity index is 1.67. The van der Waals surface area contributed by atoms with Gasteiger partial charge in [-0.25, -0.2) is 4.79 Å². The number of amides is 1. The molecule has 3 rings (SSSR count). The van der Waals surface area contributed by atoms with Gasteiger partial charge in [0.15, 0.2) is 6.10 Å². The van der Waals surface area contributed by atoms with Crippen molar-refractivity contribution in [3.05, 3.63) is 60.3 Å². The summed E-state index contributed by atoms with van der Waals surface area (Å²) in [5.41, 5.74) is 1.74. The third kappa shape index (κ3) is 4.43. The molecule has 1 aromatic heterocycles. The van der Waals surface area contributed by atoms with Crippen molar-refractivity contribution in [1.82, 2.24) is 10.3 Å². The van der Waals surface area contributed by atoms with Gasteiger partial charge in [0.05, 0.1) is 7.11 Å². The first-order chi connectivity index (χ1) is 13.5. The summed E-state index contributed by atoms with van der Waals surface area (Å²) in [4.78, 5) is 27.3. The van der Waals surface area contributed by atoms with Gasteiger partial charge in [0.25, 0.3) is 5.91 Å². The van der Waals surface area contributed by atoms with Crippen LogP contribution in [0.4, 0.5) is 0 Å². The van der Waals surface area contributed by atoms with Gasteiger partial charge in [-0.1, -0.05) is 24.3 Å². The second kappa shape index (κ2) is 8.47. The summed E-state index contributed by atoms with van der Waals surface area (Å²) >= 11 is 0. The highest BCUT2D eigenvalue weighted by atomic mass is 16.5. The van der Waals surface area contributed by atoms with Crippen molar-refractivity contribution in [2.45, 2.75) is 25.5 Å². The van der Waals surface area contributed by atoms with Crippen LogP contribution in [0.25, 0.3) is 10.9 Å². The van der Waals surface area contributed by atoms with Crippen LogP contribution in [0.3, 0.4) is 0 Å². The van der Waals surface area contributed by atoms with Gasteiger partial charge >= 0.3 is 5.97 Å². The van der Waals surface area contributed by atoms with Crippen molar-refractivity contribution < 1.29 is 24.2 Å². The van der Waals surface area contributed by atoms with E-state index < -0.39 is 24.0 Å². The monoisotopic (exact) mass is 382 g/mol. The van der Waals surface area contributed by atoms with E-state index in [2.05, 4.69) is 10.3 Å². The summed E-state index contributed by atoms with van der Waals surface area (Å²) in [5.74, 6) is -0.541. The number of nitrogens with one attached hydrogen (secondary N) is 2. The molecule has 2 aromatic carbocycles. The van der Waals surface area contributed by atoms with Crippen molar-refractivity contribution in [3.8, 4) is 11.5 Å². The number of para-hydroxylation sites is 1. The van der Waals surface area contributed by atoms with Gasteiger partial charge in [0.1, 0.15) is 17.5 Å². The molecule has 1 heterocycles. The second-order valence-electron chi connectivity index (χ2n) is 6.40. The van der Waals surface area contributed by atoms with E-state index in [1.165, 1.54) is 7.11 Å². The number of H-pyrrole nitrogens is 1. The van der Waals surface area contributed by atoms with Crippen LogP contribution in [0, 0.1) is 0 Å². The molecule has 3 N–H and O–H groups in total. The number of fused-ring (bicyclic) bond motifs is 1. The number of aromatic amines is 1. The van der Waals surface area contributed by atoms with Gasteiger partial charge in [0, 0.05) is 29.6 Å². The third-order valence-electron chi connectivity index (χ3n) is 4.44. The number of carbonyl (C=O) groups is 2. The maximum Gasteiger partial charge on any atom is 0.326 e. The van der Waals surface area contributed by atoms with E-state index in [1.54, 1.807) is 37.4 Å². The molecule has 7 nitrogen and oxygen atoms in total. The molecule has 0 saturated heterocycles. The lowest BCUT2D eigenvalue weighted by Gasteiger charge is -2.19. The zero-order valence-corrected chi connectivity index (χ0v) is 15.6. The van der Waals surface area contributed by atoms with E-state index in [0.717, 1.165) is 16.5 Å². The minimum Gasteiger partial charge on any atom is -0.497 e. The molecular formula is C21H22N2O5. The predicted octanol–water partition coefficient (Wildman–Crippen LogP) is 2.76. The molecule has 7 heteroatoms. The van der Waals surface area contributed by atoms with Crippen LogP contribution in [0.5, 0.6) is 11.5 Å². The van der Waals surface area contributed by atoms with E-state index in [4.69, 9.17) is 9.47 Å². The van der Waals surface area contributed by atoms with Crippen LogP contribution in [0.2, 0.25) is 0 Å². The SMILES string of the molecule is COc1cccc(OC(C)C(=O)NC(Cc2c[nH]c3ccccc23)C(=O)O)c1. The number of aromatic nitrogens is 1. The molecule has 1 amide bonds. The van der Waals surface area contributed by atoms with E-state index >= 15 is 0 Å². The molecular weight excluding hydrogens is 360 g/mol. The van der Waals surface area contributed by atoms with Gasteiger partial charge in [-0.05, 0) is 30.7 Å². The molecule has 2 atom stereocenters. The largest absolute Gasteiger partial charge is 0.497 e. The normalized spacial score (nSPS) is 12.9. The average Bonchev–Trinajstić information content (AvgIpc) is 3.10. The quantitative estimate of drug-likeness (QED) is 0.556. The van der Waals surface area contributed by atoms with Gasteiger partial charge < -0.3 is 24.9 Å². The summed E-state index contributed by atoms with van der Waals surface area (Å²) in [6.07, 6.45) is 1.07. The fraction of sp³-hybridized carbons (Fsp3) is 0.238. The topological polar surface area (TPSA) is 101 Å². The van der Waals surface area contributed by atoms with Crippen molar-refractivity contribution in [2.24, 2.45) is 0 Å². The molecule has 28 heavy (non-hydrogen) atoms. The fourth-order valence-corrected chi connectivity index (χ4v) is 2.94. The van der Waals surface area contributed by atoms with E-state index in [0.29, 0.717) is 11.5 Å². The molecule has 0 fully saturated rings. The van der Waals surface area contributed by atoms with E-state index in [9.17, 15) is 14.7 Å². The Labute approximate surface area is 162 Å². The first-order valence-electron chi connectivity index (χ1n) is 8.87. The number of hydrogen-bond acceptors (Lipinski definition) is 4. The summed E-state index contributed by atoms with van der Waals surface area (Å²) in [7, 11) is 1.54. The number of carboxylic acids is 1. The Morgan fingerprint density at radius 2 is 1.89 bits per heavy atom. The number of carboxylic acid groups (broad SMARTS) is 1. The Morgan fingerprint density at radius 1 is 1.14 bits per heavy atom. The fourth-order valence-electron chi connectivity index (χ4n) is 2.94. The molecule has 0 bridgehead atoms. The molecule has 3 aromatic rings. The smallest absolute Gasteiger partial charge is 0.326 e. The number of hydrogen-bond donors (Lipinski definition) is 3. The lowest BCUT2D eigenvalue weighted by atomic mass is 10.0. The van der Waals surface area contributed by atoms with Gasteiger partial charge in [-0.15, -0.1) is 0 Å². The molecule has 0 aliphatic heterocycles. The molecule has 0 aliphatic rings. The van der Waals surface area contributed by atoms with Crippen molar-refractivity contribution in [2.75, 3.05) is 7.11 Å². The van der Waals surface area contributed by atoms with Crippen LogP contribution < -0.4 is 14.8 Å². The molecule has 0 aliphatic carbocycles. The first kappa shape index (κ1) is 19.3. The van der Waals surface area contributed by atoms with Crippen molar-refractivity contribution in [1.29, 1.82) is 0 Å². The second-order valence-corrected chi connectivity index (χ2v) is 6.40. The average molecular weight is 382 g/mol. The number of benzene rings is 2. The van der Waals surface area contributed by atoms with Gasteiger partial charge in [0.2, 0.25) is 0 Å². The lowest BCUT2D eigenvalue weighted by Crippen LogP contribution is -2.47. The van der Waals surface area contributed by atoms with Crippen LogP contribution >= 0.6 is 0 Å². The van der Waals surface area contributed by atoms with Crippen molar-refractivity contribution in [3.63, 3.8) is 0 Å². The Hall–Kier alpha value is -3.48. The summed E-state index contributed by atoms with van der Waals surface area (Å²) in [5, 5.41) is 13.0. The number of carbonyl (C=O) groups excluding carboxylic acids is 1. The standard InChI is InChI=1S/C21H22N2O5/c1-13(28-16-7-5-6-15(11-16)27-2)20(24)23-19(21(25)26)10-14-12-22-18-9-4-3-8-17(14)18/h3-9,11-13,19,22H,10H2,1-2H3,(H,23,24)(H,25,26). The van der Waals surface area contributed by atoms with Gasteiger partial charge in [-0.2, -0.15) is 0 Å². The highest BCUT2D eigenvalue weighted by molar-refractivity contribution is 5.88. The Kier molecular flexibility index (Phi) is 5.84. The van der Waals surface area contributed by atoms with Gasteiger partial charge in [-0.3, -0.25) is 4.79 Å². The highest BCUT2D eigenvalue weighted by Gasteiger charge is 2.25. The maximum absolute atomic E-state index is 12.5. The molecule has 146 valence electrons. The summed E-state index contributed by atoms with van der Waals surface area (Å²) in [6, 6.07) is 13.4. The number of methoxy groups -OCH3 is 1. The van der Waals surface area contributed by atoms with Crippen LogP contribution in [-0.4, -0.2) is 41.2 Å². The minimum absolute atomic E-state index is 0.164. The zero-order valence-electron chi connectivity index (χ0n) is 15.6. The van der Waals surface area contributed by atoms with E-state index in [-0.39, 0.29) is 6.42 Å². The van der Waals surface area contributed by atoms with Crippen LogP contribution in [0.15, 0.2) is 54.7 Å². The summed E-state index contributed by atoms with van der Waals surface area (Å²) < 4.78 is 10.7. The van der Waals surface area contributed by atoms with E-state index in [1.807, 2.05) is 24.3 Å². The third-order valence-corrected chi connectivity index (χ3v) is 4.44. The predicted molar refractivity (Wildman–Crippen MR) is 105 cm³/mol. The van der Waals surface area contributed by atoms with Crippen LogP contribution in [-0.2, 0) is 16.0 Å². The molecule has 0 radical (unpaired) electrons. The number of ether oxygens (including phenoxy) is 2. The lowest BCUT2D eigenvalue weighted by molar-refractivity contribution is -0.142. The number of aliphatic carboxylic acids is 1. The van der Waals surface area contributed by atoms with Crippen LogP contribution in [0.1, 0.15) is 12.5 Å². The Morgan fingerprint density at radius 3 is 2.64 bits per heavy atom.